The van der Waals surface area contributed by atoms with Crippen LogP contribution in [0, 0.1) is 5.92 Å². The van der Waals surface area contributed by atoms with Gasteiger partial charge in [-0.25, -0.2) is 9.48 Å². The van der Waals surface area contributed by atoms with Crippen molar-refractivity contribution in [3.8, 4) is 5.69 Å². The van der Waals surface area contributed by atoms with E-state index in [1.54, 1.807) is 20.8 Å². The minimum atomic E-state index is -4.79. The maximum Gasteiger partial charge on any atom is 0.434 e. The highest BCUT2D eigenvalue weighted by atomic mass is 35.5. The summed E-state index contributed by atoms with van der Waals surface area (Å²) >= 11 is 5.91. The van der Waals surface area contributed by atoms with Gasteiger partial charge in [0.2, 0.25) is 0 Å². The second kappa shape index (κ2) is 9.62. The molecule has 1 aliphatic rings. The van der Waals surface area contributed by atoms with Crippen molar-refractivity contribution in [2.75, 3.05) is 19.6 Å². The van der Waals surface area contributed by atoms with Crippen LogP contribution >= 0.6 is 11.6 Å². The minimum absolute atomic E-state index is 0.0952. The molecule has 1 aromatic carbocycles. The standard InChI is InChI=1S/C22H26ClF3N4O3/c1-21(2,3)33-20(32)27-12-14-7-9-29(10-8-14)19(31)17-13-28-30(18(17)22(24,25)26)16-6-4-5-15(23)11-16/h4-6,11,13-14H,7-10,12H2,1-3H3,(H,27,32). The van der Waals surface area contributed by atoms with Gasteiger partial charge in [-0.2, -0.15) is 18.3 Å². The van der Waals surface area contributed by atoms with Crippen LogP contribution in [-0.4, -0.2) is 51.9 Å². The molecule has 7 nitrogen and oxygen atoms in total. The van der Waals surface area contributed by atoms with E-state index in [4.69, 9.17) is 16.3 Å². The highest BCUT2D eigenvalue weighted by Gasteiger charge is 2.41. The van der Waals surface area contributed by atoms with Gasteiger partial charge in [-0.05, 0) is 57.7 Å². The number of piperidine rings is 1. The number of rotatable bonds is 4. The average molecular weight is 487 g/mol. The van der Waals surface area contributed by atoms with Crippen molar-refractivity contribution in [1.29, 1.82) is 0 Å². The molecule has 0 aliphatic carbocycles. The Kier molecular flexibility index (Phi) is 7.26. The normalized spacial score (nSPS) is 15.4. The predicted molar refractivity (Wildman–Crippen MR) is 116 cm³/mol. The fourth-order valence-electron chi connectivity index (χ4n) is 3.63. The zero-order valence-corrected chi connectivity index (χ0v) is 19.3. The number of aromatic nitrogens is 2. The van der Waals surface area contributed by atoms with Gasteiger partial charge in [-0.1, -0.05) is 17.7 Å². The van der Waals surface area contributed by atoms with Crippen LogP contribution in [0.4, 0.5) is 18.0 Å². The Labute approximate surface area is 194 Å². The summed E-state index contributed by atoms with van der Waals surface area (Å²) in [5, 5.41) is 6.79. The highest BCUT2D eigenvalue weighted by Crippen LogP contribution is 2.35. The molecule has 0 radical (unpaired) electrons. The molecule has 1 saturated heterocycles. The second-order valence-electron chi connectivity index (χ2n) is 8.91. The number of benzene rings is 1. The molecule has 3 rings (SSSR count). The van der Waals surface area contributed by atoms with Crippen LogP contribution in [0.5, 0.6) is 0 Å². The molecule has 0 atom stereocenters. The lowest BCUT2D eigenvalue weighted by molar-refractivity contribution is -0.143. The first-order valence-corrected chi connectivity index (χ1v) is 10.9. The molecule has 1 aliphatic heterocycles. The van der Waals surface area contributed by atoms with E-state index in [0.717, 1.165) is 6.20 Å². The van der Waals surface area contributed by atoms with Crippen molar-refractivity contribution < 1.29 is 27.5 Å². The van der Waals surface area contributed by atoms with E-state index in [1.807, 2.05) is 0 Å². The zero-order valence-electron chi connectivity index (χ0n) is 18.6. The Morgan fingerprint density at radius 2 is 1.88 bits per heavy atom. The molecule has 11 heteroatoms. The summed E-state index contributed by atoms with van der Waals surface area (Å²) in [4.78, 5) is 26.2. The number of hydrogen-bond donors (Lipinski definition) is 1. The van der Waals surface area contributed by atoms with Crippen molar-refractivity contribution in [1.82, 2.24) is 20.0 Å². The third-order valence-electron chi connectivity index (χ3n) is 5.16. The molecule has 1 fully saturated rings. The quantitative estimate of drug-likeness (QED) is 0.665. The lowest BCUT2D eigenvalue weighted by atomic mass is 9.96. The largest absolute Gasteiger partial charge is 0.444 e. The minimum Gasteiger partial charge on any atom is -0.444 e. The van der Waals surface area contributed by atoms with E-state index >= 15 is 0 Å². The Bertz CT molecular complexity index is 1010. The number of likely N-dealkylation sites (tertiary alicyclic amines) is 1. The van der Waals surface area contributed by atoms with Gasteiger partial charge < -0.3 is 15.0 Å². The topological polar surface area (TPSA) is 76.5 Å². The Morgan fingerprint density at radius 1 is 1.21 bits per heavy atom. The molecule has 0 bridgehead atoms. The van der Waals surface area contributed by atoms with Crippen LogP contribution < -0.4 is 5.32 Å². The Hall–Kier alpha value is -2.75. The molecule has 2 aromatic rings. The molecule has 1 N–H and O–H groups in total. The molecule has 180 valence electrons. The van der Waals surface area contributed by atoms with E-state index in [1.165, 1.54) is 29.2 Å². The van der Waals surface area contributed by atoms with E-state index in [-0.39, 0.29) is 29.7 Å². The molecule has 2 amide bonds. The van der Waals surface area contributed by atoms with Gasteiger partial charge in [0.25, 0.3) is 5.91 Å². The van der Waals surface area contributed by atoms with Crippen molar-refractivity contribution >= 4 is 23.6 Å². The lowest BCUT2D eigenvalue weighted by Crippen LogP contribution is -2.42. The highest BCUT2D eigenvalue weighted by molar-refractivity contribution is 6.30. The Balaban J connectivity index is 1.68. The van der Waals surface area contributed by atoms with Crippen LogP contribution in [0.25, 0.3) is 5.69 Å². The summed E-state index contributed by atoms with van der Waals surface area (Å²) in [5.74, 6) is -0.632. The number of alkyl carbamates (subject to hydrolysis) is 1. The summed E-state index contributed by atoms with van der Waals surface area (Å²) in [6.07, 6.45) is -3.28. The number of hydrogen-bond acceptors (Lipinski definition) is 4. The molecular weight excluding hydrogens is 461 g/mol. The number of ether oxygens (including phenoxy) is 1. The first-order chi connectivity index (χ1) is 15.3. The summed E-state index contributed by atoms with van der Waals surface area (Å²) in [5.41, 5.74) is -2.14. The maximum absolute atomic E-state index is 13.9. The molecular formula is C22H26ClF3N4O3. The zero-order chi connectivity index (χ0) is 24.4. The monoisotopic (exact) mass is 486 g/mol. The number of halogens is 4. The van der Waals surface area contributed by atoms with Crippen molar-refractivity contribution in [3.63, 3.8) is 0 Å². The first kappa shape index (κ1) is 24.9. The van der Waals surface area contributed by atoms with Crippen molar-refractivity contribution in [2.24, 2.45) is 5.92 Å². The first-order valence-electron chi connectivity index (χ1n) is 10.5. The second-order valence-corrected chi connectivity index (χ2v) is 9.35. The summed E-state index contributed by atoms with van der Waals surface area (Å²) < 4.78 is 47.6. The molecule has 0 unspecified atom stereocenters. The SMILES string of the molecule is CC(C)(C)OC(=O)NCC1CCN(C(=O)c2cnn(-c3cccc(Cl)c3)c2C(F)(F)F)CC1. The van der Waals surface area contributed by atoms with Crippen LogP contribution in [-0.2, 0) is 10.9 Å². The summed E-state index contributed by atoms with van der Waals surface area (Å²) in [6, 6.07) is 5.83. The van der Waals surface area contributed by atoms with Gasteiger partial charge in [0.05, 0.1) is 17.4 Å². The smallest absolute Gasteiger partial charge is 0.434 e. The molecule has 0 spiro atoms. The van der Waals surface area contributed by atoms with Crippen molar-refractivity contribution in [3.05, 3.63) is 46.7 Å². The van der Waals surface area contributed by atoms with Crippen LogP contribution in [0.1, 0.15) is 49.7 Å². The van der Waals surface area contributed by atoms with Gasteiger partial charge in [0.15, 0.2) is 5.69 Å². The van der Waals surface area contributed by atoms with Crippen LogP contribution in [0.3, 0.4) is 0 Å². The number of carbonyl (C=O) groups is 2. The maximum atomic E-state index is 13.9. The molecule has 33 heavy (non-hydrogen) atoms. The van der Waals surface area contributed by atoms with Gasteiger partial charge >= 0.3 is 12.3 Å². The van der Waals surface area contributed by atoms with Gasteiger partial charge in [-0.3, -0.25) is 4.79 Å². The molecule has 2 heterocycles. The molecule has 1 aromatic heterocycles. The van der Waals surface area contributed by atoms with E-state index < -0.39 is 35.0 Å². The van der Waals surface area contributed by atoms with E-state index in [2.05, 4.69) is 10.4 Å². The number of nitrogens with one attached hydrogen (secondary N) is 1. The number of carbonyl (C=O) groups excluding carboxylic acids is 2. The predicted octanol–water partition coefficient (Wildman–Crippen LogP) is 4.92. The number of amides is 2. The van der Waals surface area contributed by atoms with Crippen molar-refractivity contribution in [2.45, 2.75) is 45.4 Å². The number of alkyl halides is 3. The average Bonchev–Trinajstić information content (AvgIpc) is 3.17. The van der Waals surface area contributed by atoms with E-state index in [9.17, 15) is 22.8 Å². The Morgan fingerprint density at radius 3 is 2.45 bits per heavy atom. The summed E-state index contributed by atoms with van der Waals surface area (Å²) in [6.45, 7) is 6.22. The fourth-order valence-corrected chi connectivity index (χ4v) is 3.82. The van der Waals surface area contributed by atoms with E-state index in [0.29, 0.717) is 24.1 Å². The molecule has 0 saturated carbocycles. The van der Waals surface area contributed by atoms with Gasteiger partial charge in [-0.15, -0.1) is 0 Å². The van der Waals surface area contributed by atoms with Gasteiger partial charge in [0.1, 0.15) is 5.60 Å². The number of nitrogens with zero attached hydrogens (tertiary/aromatic N) is 3. The third kappa shape index (κ3) is 6.40. The fraction of sp³-hybridized carbons (Fsp3) is 0.500. The van der Waals surface area contributed by atoms with Crippen LogP contribution in [0.2, 0.25) is 5.02 Å². The van der Waals surface area contributed by atoms with Crippen LogP contribution in [0.15, 0.2) is 30.5 Å². The van der Waals surface area contributed by atoms with Gasteiger partial charge in [0, 0.05) is 24.7 Å². The third-order valence-corrected chi connectivity index (χ3v) is 5.39. The lowest BCUT2D eigenvalue weighted by Gasteiger charge is -2.32. The summed E-state index contributed by atoms with van der Waals surface area (Å²) in [7, 11) is 0.